The lowest BCUT2D eigenvalue weighted by Gasteiger charge is -2.27. The highest BCUT2D eigenvalue weighted by Gasteiger charge is 2.16. The fraction of sp³-hybridized carbons (Fsp3) is 0.462. The number of rotatable bonds is 4. The Bertz CT molecular complexity index is 406. The molecular weight excluding hydrogens is 248 g/mol. The Hall–Kier alpha value is -1.20. The SMILES string of the molecule is CSc1ccccc1NCC(=O)N1CCOCC1. The quantitative estimate of drug-likeness (QED) is 0.842. The highest BCUT2D eigenvalue weighted by atomic mass is 32.2. The van der Waals surface area contributed by atoms with Crippen LogP contribution in [0.15, 0.2) is 29.2 Å². The van der Waals surface area contributed by atoms with E-state index in [0.717, 1.165) is 10.6 Å². The molecule has 1 aromatic rings. The van der Waals surface area contributed by atoms with E-state index in [1.165, 1.54) is 0 Å². The number of amides is 1. The number of carbonyl (C=O) groups is 1. The Kier molecular flexibility index (Phi) is 4.90. The predicted octanol–water partition coefficient (Wildman–Crippen LogP) is 1.68. The monoisotopic (exact) mass is 266 g/mol. The van der Waals surface area contributed by atoms with E-state index in [1.54, 1.807) is 11.8 Å². The normalized spacial score (nSPS) is 15.5. The summed E-state index contributed by atoms with van der Waals surface area (Å²) in [6, 6.07) is 8.02. The van der Waals surface area contributed by atoms with Gasteiger partial charge in [-0.25, -0.2) is 0 Å². The van der Waals surface area contributed by atoms with E-state index in [4.69, 9.17) is 4.74 Å². The molecule has 98 valence electrons. The maximum Gasteiger partial charge on any atom is 0.242 e. The Balaban J connectivity index is 1.88. The molecule has 0 saturated carbocycles. The van der Waals surface area contributed by atoms with Crippen molar-refractivity contribution < 1.29 is 9.53 Å². The Morgan fingerprint density at radius 3 is 2.83 bits per heavy atom. The minimum Gasteiger partial charge on any atom is -0.378 e. The molecule has 2 rings (SSSR count). The fourth-order valence-corrected chi connectivity index (χ4v) is 2.46. The first kappa shape index (κ1) is 13.2. The Morgan fingerprint density at radius 1 is 1.39 bits per heavy atom. The third-order valence-corrected chi connectivity index (χ3v) is 3.70. The number of morpholine rings is 1. The van der Waals surface area contributed by atoms with Crippen LogP contribution in [-0.2, 0) is 9.53 Å². The summed E-state index contributed by atoms with van der Waals surface area (Å²) in [4.78, 5) is 15.0. The summed E-state index contributed by atoms with van der Waals surface area (Å²) in [6.07, 6.45) is 2.03. The average molecular weight is 266 g/mol. The maximum atomic E-state index is 12.0. The zero-order valence-electron chi connectivity index (χ0n) is 10.5. The first-order valence-corrected chi connectivity index (χ1v) is 7.26. The van der Waals surface area contributed by atoms with Crippen molar-refractivity contribution in [2.24, 2.45) is 0 Å². The second-order valence-electron chi connectivity index (χ2n) is 4.05. The van der Waals surface area contributed by atoms with Crippen LogP contribution in [0.25, 0.3) is 0 Å². The van der Waals surface area contributed by atoms with Gasteiger partial charge < -0.3 is 15.0 Å². The highest BCUT2D eigenvalue weighted by Crippen LogP contribution is 2.24. The molecule has 0 radical (unpaired) electrons. The molecule has 0 spiro atoms. The molecule has 0 aliphatic carbocycles. The number of carbonyl (C=O) groups excluding carboxylic acids is 1. The molecule has 1 aliphatic rings. The molecule has 1 aliphatic heterocycles. The van der Waals surface area contributed by atoms with Crippen LogP contribution in [0.3, 0.4) is 0 Å². The number of hydrogen-bond donors (Lipinski definition) is 1. The van der Waals surface area contributed by atoms with Crippen molar-refractivity contribution >= 4 is 23.4 Å². The van der Waals surface area contributed by atoms with Gasteiger partial charge in [0.2, 0.25) is 5.91 Å². The van der Waals surface area contributed by atoms with Gasteiger partial charge in [0.1, 0.15) is 0 Å². The molecule has 4 nitrogen and oxygen atoms in total. The predicted molar refractivity (Wildman–Crippen MR) is 74.1 cm³/mol. The standard InChI is InChI=1S/C13H18N2O2S/c1-18-12-5-3-2-4-11(12)14-10-13(16)15-6-8-17-9-7-15/h2-5,14H,6-10H2,1H3. The number of para-hydroxylation sites is 1. The van der Waals surface area contributed by atoms with Gasteiger partial charge in [-0.05, 0) is 18.4 Å². The van der Waals surface area contributed by atoms with Crippen molar-refractivity contribution in [3.05, 3.63) is 24.3 Å². The summed E-state index contributed by atoms with van der Waals surface area (Å²) >= 11 is 1.68. The van der Waals surface area contributed by atoms with Gasteiger partial charge in [0, 0.05) is 23.7 Å². The summed E-state index contributed by atoms with van der Waals surface area (Å²) in [5.74, 6) is 0.134. The van der Waals surface area contributed by atoms with Crippen LogP contribution in [0.2, 0.25) is 0 Å². The van der Waals surface area contributed by atoms with Crippen molar-refractivity contribution in [3.8, 4) is 0 Å². The second-order valence-corrected chi connectivity index (χ2v) is 4.90. The van der Waals surface area contributed by atoms with Crippen molar-refractivity contribution in [2.45, 2.75) is 4.90 Å². The molecule has 0 unspecified atom stereocenters. The smallest absolute Gasteiger partial charge is 0.242 e. The molecule has 18 heavy (non-hydrogen) atoms. The molecule has 0 aromatic heterocycles. The van der Waals surface area contributed by atoms with Crippen LogP contribution in [0, 0.1) is 0 Å². The molecule has 1 aromatic carbocycles. The molecule has 0 atom stereocenters. The third kappa shape index (κ3) is 3.40. The summed E-state index contributed by atoms with van der Waals surface area (Å²) in [7, 11) is 0. The topological polar surface area (TPSA) is 41.6 Å². The van der Waals surface area contributed by atoms with Crippen molar-refractivity contribution in [2.75, 3.05) is 44.4 Å². The van der Waals surface area contributed by atoms with E-state index in [0.29, 0.717) is 32.8 Å². The van der Waals surface area contributed by atoms with Gasteiger partial charge in [0.15, 0.2) is 0 Å². The fourth-order valence-electron chi connectivity index (χ4n) is 1.89. The third-order valence-electron chi connectivity index (χ3n) is 2.90. The van der Waals surface area contributed by atoms with Crippen LogP contribution in [0.1, 0.15) is 0 Å². The lowest BCUT2D eigenvalue weighted by Crippen LogP contribution is -2.43. The number of nitrogens with one attached hydrogen (secondary N) is 1. The largest absolute Gasteiger partial charge is 0.378 e. The Morgan fingerprint density at radius 2 is 2.11 bits per heavy atom. The second kappa shape index (κ2) is 6.66. The number of hydrogen-bond acceptors (Lipinski definition) is 4. The van der Waals surface area contributed by atoms with E-state index >= 15 is 0 Å². The van der Waals surface area contributed by atoms with Gasteiger partial charge in [-0.2, -0.15) is 0 Å². The van der Waals surface area contributed by atoms with Crippen LogP contribution in [0.4, 0.5) is 5.69 Å². The highest BCUT2D eigenvalue weighted by molar-refractivity contribution is 7.98. The lowest BCUT2D eigenvalue weighted by atomic mass is 10.3. The molecule has 1 saturated heterocycles. The maximum absolute atomic E-state index is 12.0. The summed E-state index contributed by atoms with van der Waals surface area (Å²) < 4.78 is 5.23. The summed E-state index contributed by atoms with van der Waals surface area (Å²) in [6.45, 7) is 3.03. The van der Waals surface area contributed by atoms with E-state index in [9.17, 15) is 4.79 Å². The number of benzene rings is 1. The minimum absolute atomic E-state index is 0.134. The van der Waals surface area contributed by atoms with Gasteiger partial charge in [0.25, 0.3) is 0 Å². The summed E-state index contributed by atoms with van der Waals surface area (Å²) in [5, 5.41) is 3.21. The number of ether oxygens (including phenoxy) is 1. The van der Waals surface area contributed by atoms with Crippen LogP contribution in [0.5, 0.6) is 0 Å². The first-order valence-electron chi connectivity index (χ1n) is 6.03. The van der Waals surface area contributed by atoms with Gasteiger partial charge in [-0.15, -0.1) is 11.8 Å². The molecular formula is C13H18N2O2S. The van der Waals surface area contributed by atoms with E-state index < -0.39 is 0 Å². The van der Waals surface area contributed by atoms with Crippen molar-refractivity contribution in [3.63, 3.8) is 0 Å². The zero-order valence-corrected chi connectivity index (χ0v) is 11.3. The minimum atomic E-state index is 0.134. The molecule has 1 amide bonds. The average Bonchev–Trinajstić information content (AvgIpc) is 2.46. The molecule has 1 N–H and O–H groups in total. The van der Waals surface area contributed by atoms with Gasteiger partial charge >= 0.3 is 0 Å². The first-order chi connectivity index (χ1) is 8.81. The molecule has 1 fully saturated rings. The van der Waals surface area contributed by atoms with Gasteiger partial charge in [-0.3, -0.25) is 4.79 Å². The molecule has 0 bridgehead atoms. The van der Waals surface area contributed by atoms with E-state index in [2.05, 4.69) is 5.32 Å². The van der Waals surface area contributed by atoms with Crippen molar-refractivity contribution in [1.82, 2.24) is 4.90 Å². The molecule has 5 heteroatoms. The number of nitrogens with zero attached hydrogens (tertiary/aromatic N) is 1. The van der Waals surface area contributed by atoms with Crippen molar-refractivity contribution in [1.29, 1.82) is 0 Å². The van der Waals surface area contributed by atoms with Gasteiger partial charge in [-0.1, -0.05) is 12.1 Å². The summed E-state index contributed by atoms with van der Waals surface area (Å²) in [5.41, 5.74) is 1.02. The van der Waals surface area contributed by atoms with E-state index in [1.807, 2.05) is 35.4 Å². The zero-order chi connectivity index (χ0) is 12.8. The van der Waals surface area contributed by atoms with Crippen LogP contribution >= 0.6 is 11.8 Å². The Labute approximate surface area is 112 Å². The number of anilines is 1. The lowest BCUT2D eigenvalue weighted by molar-refractivity contribution is -0.133. The van der Waals surface area contributed by atoms with Gasteiger partial charge in [0.05, 0.1) is 19.8 Å². The number of thioether (sulfide) groups is 1. The van der Waals surface area contributed by atoms with Crippen LogP contribution in [-0.4, -0.2) is 49.9 Å². The van der Waals surface area contributed by atoms with E-state index in [-0.39, 0.29) is 5.91 Å². The molecule has 1 heterocycles. The van der Waals surface area contributed by atoms with Crippen LogP contribution < -0.4 is 5.32 Å².